The summed E-state index contributed by atoms with van der Waals surface area (Å²) in [5.41, 5.74) is 0.947. The Labute approximate surface area is 146 Å². The molecule has 1 heterocycles. The fraction of sp³-hybridized carbons (Fsp3) is 0.0588. The van der Waals surface area contributed by atoms with Gasteiger partial charge in [0.25, 0.3) is 0 Å². The first-order valence-corrected chi connectivity index (χ1v) is 8.71. The topological polar surface area (TPSA) is 62.2 Å². The second kappa shape index (κ2) is 7.46. The monoisotopic (exact) mass is 360 g/mol. The number of nitrogens with one attached hydrogen (secondary N) is 1. The van der Waals surface area contributed by atoms with Crippen LogP contribution in [-0.4, -0.2) is 16.2 Å². The van der Waals surface area contributed by atoms with Crippen molar-refractivity contribution in [3.8, 4) is 11.3 Å². The van der Waals surface area contributed by atoms with Gasteiger partial charge in [0.2, 0.25) is 0 Å². The largest absolute Gasteiger partial charge is 0.465 e. The zero-order valence-corrected chi connectivity index (χ0v) is 14.0. The Morgan fingerprint density at radius 3 is 2.58 bits per heavy atom. The second-order valence-corrected chi connectivity index (χ2v) is 7.22. The Bertz CT molecular complexity index is 853. The minimum atomic E-state index is -1.12. The van der Waals surface area contributed by atoms with E-state index in [1.54, 1.807) is 18.2 Å². The van der Waals surface area contributed by atoms with Crippen LogP contribution in [0.15, 0.2) is 63.7 Å². The van der Waals surface area contributed by atoms with Gasteiger partial charge in [-0.15, -0.1) is 11.3 Å². The lowest BCUT2D eigenvalue weighted by molar-refractivity contribution is 0.194. The molecule has 24 heavy (non-hydrogen) atoms. The summed E-state index contributed by atoms with van der Waals surface area (Å²) in [7, 11) is 0. The Balaban J connectivity index is 1.98. The number of hydrogen-bond donors (Lipinski definition) is 2. The number of nitrogens with zero attached hydrogens (tertiary/aromatic N) is 1. The van der Waals surface area contributed by atoms with Crippen molar-refractivity contribution < 1.29 is 14.3 Å². The molecule has 0 radical (unpaired) electrons. The van der Waals surface area contributed by atoms with Crippen LogP contribution in [-0.2, 0) is 6.54 Å². The molecular weight excluding hydrogens is 347 g/mol. The molecule has 2 aromatic carbocycles. The molecule has 0 saturated carbocycles. The zero-order valence-electron chi connectivity index (χ0n) is 12.4. The lowest BCUT2D eigenvalue weighted by Gasteiger charge is -2.03. The van der Waals surface area contributed by atoms with Crippen LogP contribution in [0.25, 0.3) is 11.3 Å². The van der Waals surface area contributed by atoms with Crippen LogP contribution in [0.1, 0.15) is 5.01 Å². The molecule has 0 fully saturated rings. The van der Waals surface area contributed by atoms with Crippen molar-refractivity contribution in [2.24, 2.45) is 0 Å². The Hall–Kier alpha value is -2.38. The van der Waals surface area contributed by atoms with Crippen molar-refractivity contribution in [2.45, 2.75) is 15.6 Å². The smallest absolute Gasteiger partial charge is 0.405 e. The number of hydrogen-bond acceptors (Lipinski definition) is 4. The van der Waals surface area contributed by atoms with Crippen LogP contribution in [0.4, 0.5) is 9.18 Å². The third-order valence-corrected chi connectivity index (χ3v) is 5.35. The second-order valence-electron chi connectivity index (χ2n) is 4.80. The van der Waals surface area contributed by atoms with Gasteiger partial charge >= 0.3 is 6.09 Å². The number of halogens is 1. The van der Waals surface area contributed by atoms with Crippen molar-refractivity contribution in [1.29, 1.82) is 0 Å². The molecule has 0 unspecified atom stereocenters. The maximum absolute atomic E-state index is 14.2. The minimum absolute atomic E-state index is 0.0940. The van der Waals surface area contributed by atoms with Gasteiger partial charge in [-0.2, -0.15) is 0 Å². The van der Waals surface area contributed by atoms with Gasteiger partial charge in [-0.25, -0.2) is 14.2 Å². The summed E-state index contributed by atoms with van der Waals surface area (Å²) in [6.45, 7) is 0.0940. The van der Waals surface area contributed by atoms with Crippen LogP contribution in [0.3, 0.4) is 0 Å². The molecule has 0 aliphatic carbocycles. The molecule has 3 rings (SSSR count). The molecule has 0 bridgehead atoms. The highest BCUT2D eigenvalue weighted by Crippen LogP contribution is 2.40. The zero-order chi connectivity index (χ0) is 16.9. The Kier molecular flexibility index (Phi) is 5.12. The molecule has 1 aromatic heterocycles. The van der Waals surface area contributed by atoms with Crippen LogP contribution in [0.5, 0.6) is 0 Å². The standard InChI is InChI=1S/C17H13FN2O2S2/c18-13-9-5-4-8-12(13)15-16(23-11-6-2-1-3-7-11)24-14(20-15)10-19-17(21)22/h1-9,19H,10H2,(H,21,22). The lowest BCUT2D eigenvalue weighted by atomic mass is 10.1. The normalized spacial score (nSPS) is 10.5. The predicted octanol–water partition coefficient (Wildman–Crippen LogP) is 4.87. The van der Waals surface area contributed by atoms with Gasteiger partial charge in [-0.1, -0.05) is 42.1 Å². The van der Waals surface area contributed by atoms with E-state index in [-0.39, 0.29) is 12.4 Å². The van der Waals surface area contributed by atoms with Crippen molar-refractivity contribution in [3.05, 3.63) is 65.4 Å². The van der Waals surface area contributed by atoms with Gasteiger partial charge in [0.1, 0.15) is 10.8 Å². The van der Waals surface area contributed by atoms with Gasteiger partial charge in [0, 0.05) is 10.5 Å². The lowest BCUT2D eigenvalue weighted by Crippen LogP contribution is -2.19. The fourth-order valence-corrected chi connectivity index (χ4v) is 4.31. The Morgan fingerprint density at radius 2 is 1.88 bits per heavy atom. The van der Waals surface area contributed by atoms with Crippen LogP contribution >= 0.6 is 23.1 Å². The van der Waals surface area contributed by atoms with Crippen LogP contribution in [0, 0.1) is 5.82 Å². The van der Waals surface area contributed by atoms with Gasteiger partial charge in [-0.05, 0) is 24.3 Å². The fourth-order valence-electron chi connectivity index (χ4n) is 2.06. The van der Waals surface area contributed by atoms with E-state index < -0.39 is 6.09 Å². The SMILES string of the molecule is O=C(O)NCc1nc(-c2ccccc2F)c(Sc2ccccc2)s1. The molecule has 0 atom stereocenters. The molecule has 3 aromatic rings. The number of carboxylic acid groups (broad SMARTS) is 1. The molecule has 1 amide bonds. The molecule has 0 saturated heterocycles. The van der Waals surface area contributed by atoms with Crippen molar-refractivity contribution >= 4 is 29.2 Å². The number of carbonyl (C=O) groups is 1. The third kappa shape index (κ3) is 3.93. The first-order valence-electron chi connectivity index (χ1n) is 7.08. The van der Waals surface area contributed by atoms with E-state index in [2.05, 4.69) is 10.3 Å². The molecule has 2 N–H and O–H groups in total. The molecule has 7 heteroatoms. The summed E-state index contributed by atoms with van der Waals surface area (Å²) in [5, 5.41) is 11.6. The molecule has 4 nitrogen and oxygen atoms in total. The highest BCUT2D eigenvalue weighted by molar-refractivity contribution is 8.01. The summed E-state index contributed by atoms with van der Waals surface area (Å²) >= 11 is 2.85. The highest BCUT2D eigenvalue weighted by Gasteiger charge is 2.17. The van der Waals surface area contributed by atoms with Crippen molar-refractivity contribution in [3.63, 3.8) is 0 Å². The number of rotatable bonds is 5. The van der Waals surface area contributed by atoms with Crippen molar-refractivity contribution in [1.82, 2.24) is 10.3 Å². The molecule has 0 spiro atoms. The third-order valence-electron chi connectivity index (χ3n) is 3.11. The molecular formula is C17H13FN2O2S2. The average molecular weight is 360 g/mol. The quantitative estimate of drug-likeness (QED) is 0.681. The van der Waals surface area contributed by atoms with E-state index in [1.165, 1.54) is 29.2 Å². The van der Waals surface area contributed by atoms with E-state index in [4.69, 9.17) is 5.11 Å². The number of amides is 1. The minimum Gasteiger partial charge on any atom is -0.465 e. The van der Waals surface area contributed by atoms with Gasteiger partial charge in [0.05, 0.1) is 16.4 Å². The van der Waals surface area contributed by atoms with E-state index in [9.17, 15) is 9.18 Å². The summed E-state index contributed by atoms with van der Waals surface area (Å²) in [5.74, 6) is -0.351. The summed E-state index contributed by atoms with van der Waals surface area (Å²) in [6, 6.07) is 16.2. The van der Waals surface area contributed by atoms with E-state index >= 15 is 0 Å². The summed E-state index contributed by atoms with van der Waals surface area (Å²) in [4.78, 5) is 16.1. The van der Waals surface area contributed by atoms with E-state index in [0.29, 0.717) is 16.3 Å². The number of thiazole rings is 1. The van der Waals surface area contributed by atoms with Gasteiger partial charge in [-0.3, -0.25) is 0 Å². The van der Waals surface area contributed by atoms with Gasteiger partial charge in [0.15, 0.2) is 0 Å². The van der Waals surface area contributed by atoms with Crippen LogP contribution in [0.2, 0.25) is 0 Å². The number of benzene rings is 2. The average Bonchev–Trinajstić information content (AvgIpc) is 2.97. The molecule has 122 valence electrons. The first-order chi connectivity index (χ1) is 11.6. The molecule has 0 aliphatic rings. The predicted molar refractivity (Wildman–Crippen MR) is 92.9 cm³/mol. The maximum Gasteiger partial charge on any atom is 0.405 e. The summed E-state index contributed by atoms with van der Waals surface area (Å²) in [6.07, 6.45) is -1.12. The van der Waals surface area contributed by atoms with Crippen molar-refractivity contribution in [2.75, 3.05) is 0 Å². The molecule has 0 aliphatic heterocycles. The van der Waals surface area contributed by atoms with Crippen LogP contribution < -0.4 is 5.32 Å². The van der Waals surface area contributed by atoms with Gasteiger partial charge < -0.3 is 10.4 Å². The summed E-state index contributed by atoms with van der Waals surface area (Å²) < 4.78 is 15.0. The van der Waals surface area contributed by atoms with E-state index in [1.807, 2.05) is 30.3 Å². The number of aromatic nitrogens is 1. The maximum atomic E-state index is 14.2. The highest BCUT2D eigenvalue weighted by atomic mass is 32.2. The van der Waals surface area contributed by atoms with E-state index in [0.717, 1.165) is 9.10 Å². The Morgan fingerprint density at radius 1 is 1.17 bits per heavy atom. The first kappa shape index (κ1) is 16.5.